The first-order chi connectivity index (χ1) is 5.29. The summed E-state index contributed by atoms with van der Waals surface area (Å²) in [6, 6.07) is 0.368. The number of carboxylic acid groups (broad SMARTS) is 1. The molecule has 1 aliphatic heterocycles. The topological polar surface area (TPSA) is 40.5 Å². The van der Waals surface area contributed by atoms with E-state index in [1.165, 1.54) is 12.8 Å². The summed E-state index contributed by atoms with van der Waals surface area (Å²) in [6.45, 7) is 0.769. The van der Waals surface area contributed by atoms with Crippen molar-refractivity contribution in [2.45, 2.75) is 31.7 Å². The summed E-state index contributed by atoms with van der Waals surface area (Å²) in [5, 5.41) is 8.79. The number of rotatable bonds is 0. The molecule has 62 valence electrons. The van der Waals surface area contributed by atoms with Crippen molar-refractivity contribution in [3.8, 4) is 0 Å². The Labute approximate surface area is 66.0 Å². The van der Waals surface area contributed by atoms with E-state index in [-0.39, 0.29) is 0 Å². The van der Waals surface area contributed by atoms with Crippen LogP contribution in [-0.4, -0.2) is 28.7 Å². The SMILES string of the molecule is O=C(O)N1CC[C@@H]2CCC[C@@H]21. The van der Waals surface area contributed by atoms with Crippen molar-refractivity contribution in [3.05, 3.63) is 0 Å². The molecule has 2 fully saturated rings. The van der Waals surface area contributed by atoms with Gasteiger partial charge in [-0.15, -0.1) is 0 Å². The maximum absolute atomic E-state index is 10.7. The molecule has 0 aromatic carbocycles. The van der Waals surface area contributed by atoms with Crippen LogP contribution >= 0.6 is 0 Å². The lowest BCUT2D eigenvalue weighted by Gasteiger charge is -2.19. The molecular formula is C8H13NO2. The second-order valence-corrected chi connectivity index (χ2v) is 3.52. The van der Waals surface area contributed by atoms with Crippen molar-refractivity contribution < 1.29 is 9.90 Å². The second-order valence-electron chi connectivity index (χ2n) is 3.52. The number of carbonyl (C=O) groups is 1. The third-order valence-corrected chi connectivity index (χ3v) is 3.01. The fraction of sp³-hybridized carbons (Fsp3) is 0.875. The Morgan fingerprint density at radius 1 is 1.36 bits per heavy atom. The Hall–Kier alpha value is -0.730. The molecule has 0 spiro atoms. The number of hydrogen-bond acceptors (Lipinski definition) is 1. The Bertz CT molecular complexity index is 181. The van der Waals surface area contributed by atoms with Gasteiger partial charge in [-0.2, -0.15) is 0 Å². The number of hydrogen-bond donors (Lipinski definition) is 1. The molecule has 1 heterocycles. The van der Waals surface area contributed by atoms with E-state index in [1.807, 2.05) is 0 Å². The Morgan fingerprint density at radius 2 is 2.18 bits per heavy atom. The minimum absolute atomic E-state index is 0.368. The van der Waals surface area contributed by atoms with Crippen molar-refractivity contribution in [2.24, 2.45) is 5.92 Å². The summed E-state index contributed by atoms with van der Waals surface area (Å²) >= 11 is 0. The van der Waals surface area contributed by atoms with Gasteiger partial charge < -0.3 is 10.0 Å². The first-order valence-electron chi connectivity index (χ1n) is 4.28. The van der Waals surface area contributed by atoms with Gasteiger partial charge in [0.1, 0.15) is 0 Å². The van der Waals surface area contributed by atoms with Crippen LogP contribution in [0.25, 0.3) is 0 Å². The predicted octanol–water partition coefficient (Wildman–Crippen LogP) is 1.54. The minimum Gasteiger partial charge on any atom is -0.465 e. The zero-order valence-electron chi connectivity index (χ0n) is 6.49. The van der Waals surface area contributed by atoms with Gasteiger partial charge >= 0.3 is 6.09 Å². The Morgan fingerprint density at radius 3 is 2.91 bits per heavy atom. The molecule has 2 atom stereocenters. The molecule has 1 saturated carbocycles. The highest BCUT2D eigenvalue weighted by Gasteiger charge is 2.39. The molecule has 1 amide bonds. The van der Waals surface area contributed by atoms with Crippen molar-refractivity contribution in [1.29, 1.82) is 0 Å². The zero-order chi connectivity index (χ0) is 7.84. The lowest BCUT2D eigenvalue weighted by atomic mass is 10.1. The summed E-state index contributed by atoms with van der Waals surface area (Å²) in [5.41, 5.74) is 0. The number of amides is 1. The van der Waals surface area contributed by atoms with E-state index in [4.69, 9.17) is 5.11 Å². The van der Waals surface area contributed by atoms with Crippen LogP contribution in [-0.2, 0) is 0 Å². The maximum atomic E-state index is 10.7. The highest BCUT2D eigenvalue weighted by atomic mass is 16.4. The van der Waals surface area contributed by atoms with E-state index < -0.39 is 6.09 Å². The average Bonchev–Trinajstić information content (AvgIpc) is 2.41. The summed E-state index contributed by atoms with van der Waals surface area (Å²) in [6.07, 6.45) is 3.93. The standard InChI is InChI=1S/C8H13NO2/c10-8(11)9-5-4-6-2-1-3-7(6)9/h6-7H,1-5H2,(H,10,11)/t6-,7-/m0/s1. The van der Waals surface area contributed by atoms with Crippen LogP contribution in [0.4, 0.5) is 4.79 Å². The maximum Gasteiger partial charge on any atom is 0.407 e. The van der Waals surface area contributed by atoms with Gasteiger partial charge in [0.15, 0.2) is 0 Å². The van der Waals surface area contributed by atoms with Gasteiger partial charge in [-0.1, -0.05) is 6.42 Å². The quantitative estimate of drug-likeness (QED) is 0.576. The molecule has 1 saturated heterocycles. The summed E-state index contributed by atoms with van der Waals surface area (Å²) in [7, 11) is 0. The molecule has 0 bridgehead atoms. The van der Waals surface area contributed by atoms with E-state index in [0.717, 1.165) is 19.4 Å². The molecule has 3 heteroatoms. The highest BCUT2D eigenvalue weighted by molar-refractivity contribution is 5.66. The second kappa shape index (κ2) is 2.40. The fourth-order valence-corrected chi connectivity index (χ4v) is 2.47. The van der Waals surface area contributed by atoms with Crippen molar-refractivity contribution in [3.63, 3.8) is 0 Å². The molecule has 0 aromatic heterocycles. The van der Waals surface area contributed by atoms with Crippen molar-refractivity contribution in [1.82, 2.24) is 4.90 Å². The van der Waals surface area contributed by atoms with Crippen molar-refractivity contribution >= 4 is 6.09 Å². The first kappa shape index (κ1) is 6.95. The van der Waals surface area contributed by atoms with Gasteiger partial charge in [0.2, 0.25) is 0 Å². The van der Waals surface area contributed by atoms with Crippen LogP contribution in [0.15, 0.2) is 0 Å². The average molecular weight is 155 g/mol. The molecule has 2 aliphatic rings. The minimum atomic E-state index is -0.723. The van der Waals surface area contributed by atoms with E-state index >= 15 is 0 Å². The van der Waals surface area contributed by atoms with E-state index in [2.05, 4.69) is 0 Å². The van der Waals surface area contributed by atoms with Crippen molar-refractivity contribution in [2.75, 3.05) is 6.54 Å². The molecule has 1 N–H and O–H groups in total. The monoisotopic (exact) mass is 155 g/mol. The van der Waals surface area contributed by atoms with E-state index in [9.17, 15) is 4.79 Å². The molecule has 3 nitrogen and oxygen atoms in total. The van der Waals surface area contributed by atoms with Gasteiger partial charge in [-0.3, -0.25) is 0 Å². The molecule has 0 aromatic rings. The van der Waals surface area contributed by atoms with Crippen LogP contribution < -0.4 is 0 Å². The first-order valence-corrected chi connectivity index (χ1v) is 4.28. The van der Waals surface area contributed by atoms with Gasteiger partial charge in [0.05, 0.1) is 0 Å². The lowest BCUT2D eigenvalue weighted by molar-refractivity contribution is 0.138. The molecule has 11 heavy (non-hydrogen) atoms. The van der Waals surface area contributed by atoms with Crippen LogP contribution in [0, 0.1) is 5.92 Å². The molecule has 2 rings (SSSR count). The van der Waals surface area contributed by atoms with Gasteiger partial charge in [-0.05, 0) is 25.2 Å². The smallest absolute Gasteiger partial charge is 0.407 e. The lowest BCUT2D eigenvalue weighted by Crippen LogP contribution is -2.34. The third-order valence-electron chi connectivity index (χ3n) is 3.01. The van der Waals surface area contributed by atoms with Crippen LogP contribution in [0.2, 0.25) is 0 Å². The summed E-state index contributed by atoms with van der Waals surface area (Å²) in [4.78, 5) is 12.3. The Kier molecular flexibility index (Phi) is 1.51. The summed E-state index contributed by atoms with van der Waals surface area (Å²) < 4.78 is 0. The molecule has 0 radical (unpaired) electrons. The molecular weight excluding hydrogens is 142 g/mol. The van der Waals surface area contributed by atoms with Crippen LogP contribution in [0.5, 0.6) is 0 Å². The number of likely N-dealkylation sites (tertiary alicyclic amines) is 1. The van der Waals surface area contributed by atoms with Gasteiger partial charge in [-0.25, -0.2) is 4.79 Å². The molecule has 0 unspecified atom stereocenters. The van der Waals surface area contributed by atoms with Crippen LogP contribution in [0.1, 0.15) is 25.7 Å². The molecule has 1 aliphatic carbocycles. The highest BCUT2D eigenvalue weighted by Crippen LogP contribution is 2.37. The largest absolute Gasteiger partial charge is 0.465 e. The van der Waals surface area contributed by atoms with E-state index in [0.29, 0.717) is 12.0 Å². The van der Waals surface area contributed by atoms with Gasteiger partial charge in [0, 0.05) is 12.6 Å². The van der Waals surface area contributed by atoms with Crippen LogP contribution in [0.3, 0.4) is 0 Å². The number of fused-ring (bicyclic) bond motifs is 1. The predicted molar refractivity (Wildman–Crippen MR) is 40.5 cm³/mol. The zero-order valence-corrected chi connectivity index (χ0v) is 6.49. The van der Waals surface area contributed by atoms with Gasteiger partial charge in [0.25, 0.3) is 0 Å². The fourth-order valence-electron chi connectivity index (χ4n) is 2.47. The third kappa shape index (κ3) is 0.988. The normalized spacial score (nSPS) is 35.8. The van der Waals surface area contributed by atoms with E-state index in [1.54, 1.807) is 4.90 Å². The Balaban J connectivity index is 2.08. The summed E-state index contributed by atoms with van der Waals surface area (Å²) in [5.74, 6) is 0.686. The number of nitrogens with zero attached hydrogens (tertiary/aromatic N) is 1.